The second-order valence-electron chi connectivity index (χ2n) is 5.02. The Balaban J connectivity index is 2.44. The van der Waals surface area contributed by atoms with Crippen molar-refractivity contribution in [1.29, 1.82) is 0 Å². The van der Waals surface area contributed by atoms with Crippen molar-refractivity contribution >= 4 is 8.56 Å². The number of halogens is 2. The van der Waals surface area contributed by atoms with Crippen molar-refractivity contribution < 1.29 is 17.6 Å². The first-order chi connectivity index (χ1) is 8.93. The molecular weight excluding hydrogens is 266 g/mol. The Bertz CT molecular complexity index is 377. The first-order valence-electron chi connectivity index (χ1n) is 6.72. The van der Waals surface area contributed by atoms with Gasteiger partial charge in [-0.1, -0.05) is 26.2 Å². The smallest absolute Gasteiger partial charge is 0.392 e. The largest absolute Gasteiger partial charge is 0.520 e. The SMILES string of the molecule is CCCCCCO[Si](C)(C)Oc1cc(F)cc(F)c1. The molecule has 1 aromatic carbocycles. The van der Waals surface area contributed by atoms with E-state index in [9.17, 15) is 8.78 Å². The third-order valence-electron chi connectivity index (χ3n) is 2.65. The molecule has 0 bridgehead atoms. The van der Waals surface area contributed by atoms with Crippen LogP contribution in [0.3, 0.4) is 0 Å². The molecule has 0 aromatic heterocycles. The first-order valence-corrected chi connectivity index (χ1v) is 9.53. The molecule has 0 unspecified atom stereocenters. The number of rotatable bonds is 8. The molecule has 5 heteroatoms. The topological polar surface area (TPSA) is 18.5 Å². The zero-order valence-electron chi connectivity index (χ0n) is 11.8. The van der Waals surface area contributed by atoms with Gasteiger partial charge in [0.2, 0.25) is 0 Å². The number of benzene rings is 1. The van der Waals surface area contributed by atoms with Gasteiger partial charge in [0.25, 0.3) is 0 Å². The van der Waals surface area contributed by atoms with Crippen LogP contribution in [0.1, 0.15) is 32.6 Å². The Kier molecular flexibility index (Phi) is 6.44. The average molecular weight is 288 g/mol. The fourth-order valence-corrected chi connectivity index (χ4v) is 3.13. The van der Waals surface area contributed by atoms with Gasteiger partial charge in [0.05, 0.1) is 0 Å². The summed E-state index contributed by atoms with van der Waals surface area (Å²) in [5.41, 5.74) is 0. The fourth-order valence-electron chi connectivity index (χ4n) is 1.75. The van der Waals surface area contributed by atoms with Crippen LogP contribution in [-0.2, 0) is 4.43 Å². The molecule has 0 aliphatic rings. The zero-order chi connectivity index (χ0) is 14.3. The van der Waals surface area contributed by atoms with Gasteiger partial charge in [-0.15, -0.1) is 0 Å². The van der Waals surface area contributed by atoms with Crippen molar-refractivity contribution in [2.75, 3.05) is 6.61 Å². The number of hydrogen-bond acceptors (Lipinski definition) is 2. The third-order valence-corrected chi connectivity index (χ3v) is 4.27. The van der Waals surface area contributed by atoms with E-state index >= 15 is 0 Å². The van der Waals surface area contributed by atoms with Gasteiger partial charge in [-0.25, -0.2) is 8.78 Å². The molecule has 0 atom stereocenters. The Morgan fingerprint density at radius 2 is 1.63 bits per heavy atom. The zero-order valence-corrected chi connectivity index (χ0v) is 12.8. The highest BCUT2D eigenvalue weighted by Crippen LogP contribution is 2.20. The van der Waals surface area contributed by atoms with Crippen LogP contribution in [0.4, 0.5) is 8.78 Å². The molecule has 0 aliphatic heterocycles. The third kappa shape index (κ3) is 6.68. The van der Waals surface area contributed by atoms with Crippen LogP contribution in [0.15, 0.2) is 18.2 Å². The summed E-state index contributed by atoms with van der Waals surface area (Å²) in [6, 6.07) is 3.18. The molecule has 0 radical (unpaired) electrons. The maximum atomic E-state index is 13.0. The second kappa shape index (κ2) is 7.60. The molecule has 0 fully saturated rings. The minimum atomic E-state index is -2.38. The molecule has 0 heterocycles. The van der Waals surface area contributed by atoms with Crippen LogP contribution in [0.5, 0.6) is 5.75 Å². The maximum Gasteiger partial charge on any atom is 0.392 e. The van der Waals surface area contributed by atoms with Gasteiger partial charge in [0.1, 0.15) is 17.4 Å². The van der Waals surface area contributed by atoms with Crippen molar-refractivity contribution in [3.05, 3.63) is 29.8 Å². The Hall–Kier alpha value is -0.943. The summed E-state index contributed by atoms with van der Waals surface area (Å²) in [5, 5.41) is 0. The van der Waals surface area contributed by atoms with E-state index in [2.05, 4.69) is 6.92 Å². The van der Waals surface area contributed by atoms with Gasteiger partial charge in [0.15, 0.2) is 0 Å². The summed E-state index contributed by atoms with van der Waals surface area (Å²) in [4.78, 5) is 0. The van der Waals surface area contributed by atoms with Gasteiger partial charge >= 0.3 is 8.56 Å². The predicted molar refractivity (Wildman–Crippen MR) is 74.6 cm³/mol. The van der Waals surface area contributed by atoms with Gasteiger partial charge in [-0.2, -0.15) is 0 Å². The minimum Gasteiger partial charge on any atom is -0.520 e. The molecule has 1 rings (SSSR count). The Labute approximate surface area is 115 Å². The van der Waals surface area contributed by atoms with Gasteiger partial charge in [0, 0.05) is 24.8 Å². The quantitative estimate of drug-likeness (QED) is 0.512. The molecule has 0 amide bonds. The van der Waals surface area contributed by atoms with Crippen molar-refractivity contribution in [3.63, 3.8) is 0 Å². The number of unbranched alkanes of at least 4 members (excludes halogenated alkanes) is 3. The van der Waals surface area contributed by atoms with Gasteiger partial charge in [-0.05, 0) is 19.5 Å². The summed E-state index contributed by atoms with van der Waals surface area (Å²) < 4.78 is 37.4. The summed E-state index contributed by atoms with van der Waals surface area (Å²) in [5.74, 6) is -1.08. The van der Waals surface area contributed by atoms with Crippen LogP contribution >= 0.6 is 0 Å². The van der Waals surface area contributed by atoms with E-state index in [1.54, 1.807) is 0 Å². The van der Waals surface area contributed by atoms with E-state index in [0.717, 1.165) is 18.9 Å². The fraction of sp³-hybridized carbons (Fsp3) is 0.571. The lowest BCUT2D eigenvalue weighted by Gasteiger charge is -2.24. The van der Waals surface area contributed by atoms with E-state index in [4.69, 9.17) is 8.85 Å². The standard InChI is InChI=1S/C14H22F2O2Si/c1-4-5-6-7-8-17-19(2,3)18-14-10-12(15)9-13(16)11-14/h9-11H,4-8H2,1-3H3. The van der Waals surface area contributed by atoms with E-state index in [1.807, 2.05) is 13.1 Å². The molecule has 19 heavy (non-hydrogen) atoms. The Morgan fingerprint density at radius 1 is 1.00 bits per heavy atom. The lowest BCUT2D eigenvalue weighted by atomic mass is 10.2. The number of hydrogen-bond donors (Lipinski definition) is 0. The van der Waals surface area contributed by atoms with Crippen molar-refractivity contribution in [3.8, 4) is 5.75 Å². The van der Waals surface area contributed by atoms with E-state index in [-0.39, 0.29) is 5.75 Å². The maximum absolute atomic E-state index is 13.0. The normalized spacial score (nSPS) is 11.6. The van der Waals surface area contributed by atoms with Crippen LogP contribution in [0.2, 0.25) is 13.1 Å². The summed E-state index contributed by atoms with van der Waals surface area (Å²) in [6.07, 6.45) is 4.50. The summed E-state index contributed by atoms with van der Waals surface area (Å²) in [6.45, 7) is 6.53. The molecule has 0 spiro atoms. The highest BCUT2D eigenvalue weighted by molar-refractivity contribution is 6.65. The molecule has 0 N–H and O–H groups in total. The van der Waals surface area contributed by atoms with Crippen molar-refractivity contribution in [1.82, 2.24) is 0 Å². The first kappa shape index (κ1) is 16.1. The van der Waals surface area contributed by atoms with Crippen LogP contribution in [0.25, 0.3) is 0 Å². The molecule has 108 valence electrons. The molecule has 0 aliphatic carbocycles. The van der Waals surface area contributed by atoms with E-state index in [1.165, 1.54) is 25.0 Å². The molecule has 0 saturated carbocycles. The van der Waals surface area contributed by atoms with Crippen LogP contribution < -0.4 is 4.43 Å². The lowest BCUT2D eigenvalue weighted by Crippen LogP contribution is -2.38. The molecule has 1 aromatic rings. The van der Waals surface area contributed by atoms with Crippen LogP contribution in [0, 0.1) is 11.6 Å². The summed E-state index contributed by atoms with van der Waals surface area (Å²) >= 11 is 0. The lowest BCUT2D eigenvalue weighted by molar-refractivity contribution is 0.240. The van der Waals surface area contributed by atoms with E-state index in [0.29, 0.717) is 6.61 Å². The Morgan fingerprint density at radius 3 is 2.21 bits per heavy atom. The monoisotopic (exact) mass is 288 g/mol. The molecule has 0 saturated heterocycles. The summed E-state index contributed by atoms with van der Waals surface area (Å²) in [7, 11) is -2.38. The second-order valence-corrected chi connectivity index (χ2v) is 8.31. The van der Waals surface area contributed by atoms with Crippen molar-refractivity contribution in [2.24, 2.45) is 0 Å². The highest BCUT2D eigenvalue weighted by Gasteiger charge is 2.26. The predicted octanol–water partition coefficient (Wildman–Crippen LogP) is 4.64. The van der Waals surface area contributed by atoms with Gasteiger partial charge < -0.3 is 8.85 Å². The minimum absolute atomic E-state index is 0.197. The molecule has 2 nitrogen and oxygen atoms in total. The van der Waals surface area contributed by atoms with Gasteiger partial charge in [-0.3, -0.25) is 0 Å². The highest BCUT2D eigenvalue weighted by atomic mass is 28.4. The van der Waals surface area contributed by atoms with Crippen molar-refractivity contribution in [2.45, 2.75) is 45.7 Å². The average Bonchev–Trinajstić information content (AvgIpc) is 2.26. The molecular formula is C14H22F2O2Si. The van der Waals surface area contributed by atoms with Crippen LogP contribution in [-0.4, -0.2) is 15.2 Å². The van der Waals surface area contributed by atoms with E-state index < -0.39 is 20.2 Å².